The molecule has 0 fully saturated rings. The van der Waals surface area contributed by atoms with Gasteiger partial charge in [0.05, 0.1) is 32.0 Å². The number of carbonyl (C=O) groups is 2. The van der Waals surface area contributed by atoms with Crippen molar-refractivity contribution in [1.82, 2.24) is 4.90 Å². The third-order valence-corrected chi connectivity index (χ3v) is 3.88. The molecule has 0 heterocycles. The number of anilines is 1. The van der Waals surface area contributed by atoms with Crippen LogP contribution in [0.2, 0.25) is 5.02 Å². The van der Waals surface area contributed by atoms with Crippen LogP contribution in [0.4, 0.5) is 5.69 Å². The molecule has 0 saturated heterocycles. The molecule has 2 rings (SSSR count). The van der Waals surface area contributed by atoms with E-state index in [0.717, 1.165) is 5.56 Å². The van der Waals surface area contributed by atoms with Gasteiger partial charge in [0.2, 0.25) is 5.91 Å². The van der Waals surface area contributed by atoms with Crippen molar-refractivity contribution in [3.63, 3.8) is 0 Å². The lowest BCUT2D eigenvalue weighted by atomic mass is 10.1. The van der Waals surface area contributed by atoms with E-state index in [2.05, 4.69) is 5.32 Å². The average Bonchev–Trinajstić information content (AvgIpc) is 2.61. The highest BCUT2D eigenvalue weighted by atomic mass is 35.5. The Morgan fingerprint density at radius 1 is 1.15 bits per heavy atom. The summed E-state index contributed by atoms with van der Waals surface area (Å²) in [7, 11) is 4.69. The maximum absolute atomic E-state index is 12.3. The molecule has 0 bridgehead atoms. The molecular formula is C19H21ClN2O4. The molecule has 1 N–H and O–H groups in total. The zero-order valence-corrected chi connectivity index (χ0v) is 15.7. The van der Waals surface area contributed by atoms with Crippen LogP contribution < -0.4 is 10.1 Å². The second-order valence-electron chi connectivity index (χ2n) is 5.76. The monoisotopic (exact) mass is 376 g/mol. The number of benzene rings is 2. The Labute approximate surface area is 157 Å². The van der Waals surface area contributed by atoms with Crippen LogP contribution in [0.5, 0.6) is 5.75 Å². The minimum atomic E-state index is -0.389. The Bertz CT molecular complexity index is 795. The summed E-state index contributed by atoms with van der Waals surface area (Å²) in [6.07, 6.45) is 0. The molecule has 0 unspecified atom stereocenters. The highest BCUT2D eigenvalue weighted by molar-refractivity contribution is 6.31. The van der Waals surface area contributed by atoms with Crippen molar-refractivity contribution in [3.05, 3.63) is 58.6 Å². The number of halogens is 1. The first-order chi connectivity index (χ1) is 12.4. The molecule has 0 atom stereocenters. The summed E-state index contributed by atoms with van der Waals surface area (Å²) in [6, 6.07) is 12.1. The SMILES string of the molecule is COC(=O)c1cccc(CN(C)CC(=O)Nc2cc(Cl)ccc2OC)c1. The highest BCUT2D eigenvalue weighted by Crippen LogP contribution is 2.27. The Hall–Kier alpha value is -2.57. The number of methoxy groups -OCH3 is 2. The van der Waals surface area contributed by atoms with Gasteiger partial charge in [-0.15, -0.1) is 0 Å². The van der Waals surface area contributed by atoms with Crippen LogP contribution in [0.1, 0.15) is 15.9 Å². The number of ether oxygens (including phenoxy) is 2. The van der Waals surface area contributed by atoms with Gasteiger partial charge in [-0.25, -0.2) is 4.79 Å². The summed E-state index contributed by atoms with van der Waals surface area (Å²) in [5.74, 6) is -0.0475. The number of carbonyl (C=O) groups excluding carboxylic acids is 2. The molecule has 2 aromatic carbocycles. The van der Waals surface area contributed by atoms with E-state index in [1.54, 1.807) is 36.4 Å². The average molecular weight is 377 g/mol. The van der Waals surface area contributed by atoms with Gasteiger partial charge in [0.25, 0.3) is 0 Å². The third kappa shape index (κ3) is 5.47. The smallest absolute Gasteiger partial charge is 0.337 e. The number of nitrogens with zero attached hydrogens (tertiary/aromatic N) is 1. The number of esters is 1. The second kappa shape index (κ2) is 9.22. The van der Waals surface area contributed by atoms with Crippen LogP contribution in [0.25, 0.3) is 0 Å². The fourth-order valence-corrected chi connectivity index (χ4v) is 2.67. The Balaban J connectivity index is 1.97. The van der Waals surface area contributed by atoms with Gasteiger partial charge < -0.3 is 14.8 Å². The minimum Gasteiger partial charge on any atom is -0.495 e. The van der Waals surface area contributed by atoms with Gasteiger partial charge in [-0.2, -0.15) is 0 Å². The summed E-state index contributed by atoms with van der Waals surface area (Å²) in [4.78, 5) is 25.7. The lowest BCUT2D eigenvalue weighted by molar-refractivity contribution is -0.117. The van der Waals surface area contributed by atoms with Gasteiger partial charge in [-0.3, -0.25) is 9.69 Å². The fraction of sp³-hybridized carbons (Fsp3) is 0.263. The maximum Gasteiger partial charge on any atom is 0.337 e. The number of hydrogen-bond donors (Lipinski definition) is 1. The minimum absolute atomic E-state index is 0.165. The molecule has 6 nitrogen and oxygen atoms in total. The Kier molecular flexibility index (Phi) is 7.00. The predicted molar refractivity (Wildman–Crippen MR) is 101 cm³/mol. The molecule has 26 heavy (non-hydrogen) atoms. The van der Waals surface area contributed by atoms with E-state index in [-0.39, 0.29) is 18.4 Å². The topological polar surface area (TPSA) is 67.9 Å². The van der Waals surface area contributed by atoms with Gasteiger partial charge in [0, 0.05) is 11.6 Å². The van der Waals surface area contributed by atoms with E-state index in [9.17, 15) is 9.59 Å². The standard InChI is InChI=1S/C19H21ClN2O4/c1-22(11-13-5-4-6-14(9-13)19(24)26-3)12-18(23)21-16-10-15(20)7-8-17(16)25-2/h4-10H,11-12H2,1-3H3,(H,21,23). The predicted octanol–water partition coefficient (Wildman–Crippen LogP) is 3.21. The molecule has 0 spiro atoms. The molecule has 1 amide bonds. The maximum atomic E-state index is 12.3. The van der Waals surface area contributed by atoms with E-state index in [1.807, 2.05) is 18.0 Å². The van der Waals surface area contributed by atoms with E-state index in [4.69, 9.17) is 21.1 Å². The van der Waals surface area contributed by atoms with E-state index in [0.29, 0.717) is 28.6 Å². The van der Waals surface area contributed by atoms with Gasteiger partial charge in [0.1, 0.15) is 5.75 Å². The molecule has 0 saturated carbocycles. The van der Waals surface area contributed by atoms with Crippen molar-refractivity contribution in [3.8, 4) is 5.75 Å². The molecule has 0 aliphatic carbocycles. The number of likely N-dealkylation sites (N-methyl/N-ethyl adjacent to an activating group) is 1. The summed E-state index contributed by atoms with van der Waals surface area (Å²) in [6.45, 7) is 0.670. The van der Waals surface area contributed by atoms with Gasteiger partial charge in [-0.05, 0) is 42.9 Å². The quantitative estimate of drug-likeness (QED) is 0.751. The van der Waals surface area contributed by atoms with Crippen LogP contribution in [0, 0.1) is 0 Å². The van der Waals surface area contributed by atoms with Gasteiger partial charge >= 0.3 is 5.97 Å². The van der Waals surface area contributed by atoms with Crippen LogP contribution in [-0.2, 0) is 16.1 Å². The molecule has 0 aliphatic heterocycles. The molecule has 0 aromatic heterocycles. The fourth-order valence-electron chi connectivity index (χ4n) is 2.49. The number of hydrogen-bond acceptors (Lipinski definition) is 5. The molecule has 2 aromatic rings. The summed E-state index contributed by atoms with van der Waals surface area (Å²) in [5, 5.41) is 3.30. The first-order valence-electron chi connectivity index (χ1n) is 7.92. The van der Waals surface area contributed by atoms with Crippen molar-refractivity contribution in [2.24, 2.45) is 0 Å². The lowest BCUT2D eigenvalue weighted by Gasteiger charge is -2.17. The van der Waals surface area contributed by atoms with Crippen LogP contribution in [-0.4, -0.2) is 44.6 Å². The number of rotatable bonds is 7. The summed E-state index contributed by atoms with van der Waals surface area (Å²) >= 11 is 5.97. The zero-order chi connectivity index (χ0) is 19.1. The first kappa shape index (κ1) is 19.8. The summed E-state index contributed by atoms with van der Waals surface area (Å²) < 4.78 is 9.94. The van der Waals surface area contributed by atoms with Crippen molar-refractivity contribution in [2.45, 2.75) is 6.54 Å². The van der Waals surface area contributed by atoms with Crippen molar-refractivity contribution in [1.29, 1.82) is 0 Å². The first-order valence-corrected chi connectivity index (χ1v) is 8.30. The van der Waals surface area contributed by atoms with Gasteiger partial charge in [-0.1, -0.05) is 23.7 Å². The highest BCUT2D eigenvalue weighted by Gasteiger charge is 2.12. The van der Waals surface area contributed by atoms with Crippen LogP contribution in [0.15, 0.2) is 42.5 Å². The Morgan fingerprint density at radius 3 is 2.62 bits per heavy atom. The van der Waals surface area contributed by atoms with Gasteiger partial charge in [0.15, 0.2) is 0 Å². The van der Waals surface area contributed by atoms with E-state index in [1.165, 1.54) is 14.2 Å². The summed E-state index contributed by atoms with van der Waals surface area (Å²) in [5.41, 5.74) is 1.90. The van der Waals surface area contributed by atoms with Crippen LogP contribution in [0.3, 0.4) is 0 Å². The lowest BCUT2D eigenvalue weighted by Crippen LogP contribution is -2.30. The molecule has 7 heteroatoms. The Morgan fingerprint density at radius 2 is 1.92 bits per heavy atom. The molecule has 0 aliphatic rings. The number of amides is 1. The van der Waals surface area contributed by atoms with Crippen LogP contribution >= 0.6 is 11.6 Å². The zero-order valence-electron chi connectivity index (χ0n) is 14.9. The van der Waals surface area contributed by atoms with Crippen molar-refractivity contribution in [2.75, 3.05) is 33.1 Å². The van der Waals surface area contributed by atoms with Crippen molar-refractivity contribution >= 4 is 29.2 Å². The normalized spacial score (nSPS) is 10.5. The molecule has 138 valence electrons. The van der Waals surface area contributed by atoms with E-state index < -0.39 is 0 Å². The largest absolute Gasteiger partial charge is 0.495 e. The van der Waals surface area contributed by atoms with Crippen molar-refractivity contribution < 1.29 is 19.1 Å². The third-order valence-electron chi connectivity index (χ3n) is 3.65. The second-order valence-corrected chi connectivity index (χ2v) is 6.19. The molecular weight excluding hydrogens is 356 g/mol. The number of nitrogens with one attached hydrogen (secondary N) is 1. The molecule has 0 radical (unpaired) electrons. The van der Waals surface area contributed by atoms with E-state index >= 15 is 0 Å².